The molecule has 5 rings (SSSR count). The second-order valence-electron chi connectivity index (χ2n) is 13.7. The predicted molar refractivity (Wildman–Crippen MR) is 191 cm³/mol. The maximum atomic E-state index is 13.0. The third kappa shape index (κ3) is 10.0. The van der Waals surface area contributed by atoms with E-state index in [2.05, 4.69) is 61.2 Å². The summed E-state index contributed by atoms with van der Waals surface area (Å²) in [5.74, 6) is 6.21. The first-order valence-electron chi connectivity index (χ1n) is 18.1. The zero-order chi connectivity index (χ0) is 35.5. The molecule has 15 heteroatoms. The lowest BCUT2D eigenvalue weighted by atomic mass is 9.78. The molecule has 1 atom stereocenters. The van der Waals surface area contributed by atoms with Crippen LogP contribution in [0.25, 0.3) is 11.2 Å². The number of nitrogen functional groups attached to an aromatic ring is 1. The van der Waals surface area contributed by atoms with Crippen LogP contribution in [0.1, 0.15) is 75.8 Å². The molecule has 1 aromatic carbocycles. The van der Waals surface area contributed by atoms with E-state index in [9.17, 15) is 14.4 Å². The number of aromatic amines is 1. The molecule has 8 N–H and O–H groups in total. The topological polar surface area (TPSA) is 213 Å². The fourth-order valence-electron chi connectivity index (χ4n) is 7.12. The number of benzene rings is 1. The maximum Gasteiger partial charge on any atom is 0.328 e. The highest BCUT2D eigenvalue weighted by Crippen LogP contribution is 2.33. The Morgan fingerprint density at radius 1 is 0.980 bits per heavy atom. The smallest absolute Gasteiger partial charge is 0.328 e. The van der Waals surface area contributed by atoms with E-state index in [1.165, 1.54) is 18.4 Å². The Hall–Kier alpha value is -4.05. The Bertz CT molecular complexity index is 1590. The second-order valence-corrected chi connectivity index (χ2v) is 13.7. The summed E-state index contributed by atoms with van der Waals surface area (Å²) in [6.07, 6.45) is 8.40. The lowest BCUT2D eigenvalue weighted by molar-refractivity contribution is -0.134. The molecule has 0 radical (unpaired) electrons. The quantitative estimate of drug-likeness (QED) is 0.102. The molecule has 50 heavy (non-hydrogen) atoms. The van der Waals surface area contributed by atoms with E-state index in [0.717, 1.165) is 76.8 Å². The highest BCUT2D eigenvalue weighted by molar-refractivity contribution is 5.82. The van der Waals surface area contributed by atoms with Gasteiger partial charge in [0.25, 0.3) is 0 Å². The van der Waals surface area contributed by atoms with E-state index >= 15 is 0 Å². The summed E-state index contributed by atoms with van der Waals surface area (Å²) < 4.78 is 7.23. The third-order valence-corrected chi connectivity index (χ3v) is 10.1. The number of nitrogens with two attached hydrogens (primary N) is 3. The number of H-pyrrole nitrogens is 1. The van der Waals surface area contributed by atoms with E-state index in [-0.39, 0.29) is 35.9 Å². The highest BCUT2D eigenvalue weighted by Gasteiger charge is 2.32. The van der Waals surface area contributed by atoms with Gasteiger partial charge in [0.15, 0.2) is 11.5 Å². The Balaban J connectivity index is 1.03. The first kappa shape index (κ1) is 37.2. The number of anilines is 1. The van der Waals surface area contributed by atoms with Crippen molar-refractivity contribution in [3.63, 3.8) is 0 Å². The van der Waals surface area contributed by atoms with Crippen LogP contribution < -0.4 is 33.1 Å². The fraction of sp³-hybridized carbons (Fsp3) is 0.629. The summed E-state index contributed by atoms with van der Waals surface area (Å²) >= 11 is 0. The molecular weight excluding hydrogens is 640 g/mol. The number of imidazole rings is 1. The normalized spacial score (nSPS) is 16.9. The molecule has 2 saturated heterocycles. The maximum absolute atomic E-state index is 13.0. The average Bonchev–Trinajstić information content (AvgIpc) is 3.44. The van der Waals surface area contributed by atoms with E-state index < -0.39 is 6.04 Å². The van der Waals surface area contributed by atoms with Gasteiger partial charge in [0.05, 0.1) is 19.2 Å². The van der Waals surface area contributed by atoms with Crippen LogP contribution in [0, 0.1) is 11.8 Å². The van der Waals surface area contributed by atoms with E-state index in [4.69, 9.17) is 22.1 Å². The number of unbranched alkanes of at least 4 members (excludes halogenated alkanes) is 2. The molecule has 0 saturated carbocycles. The minimum absolute atomic E-state index is 0.0403. The van der Waals surface area contributed by atoms with Crippen molar-refractivity contribution in [3.05, 3.63) is 45.9 Å². The van der Waals surface area contributed by atoms with Gasteiger partial charge in [-0.15, -0.1) is 0 Å². The standard InChI is InChI=1S/C35H54N10O5/c1-2-3-20-49-34-41-31(37)30-32(42-34)45(35(48)40-30)22-25-9-7-24(8-10-25)21-43-16-11-26(12-17-43)27-13-18-44(19-14-27)33(47)28(36)6-4-5-15-39-29(46)23-50-38/h7-10,26-28H,2-6,11-23,36,38H2,1H3,(H,39,46)(H,40,48)(H2,37,41,42)/t28-/m0/s1. The number of rotatable bonds is 17. The largest absolute Gasteiger partial charge is 0.463 e. The number of likely N-dealkylation sites (tertiary alicyclic amines) is 2. The van der Waals surface area contributed by atoms with Crippen molar-refractivity contribution in [2.75, 3.05) is 51.7 Å². The van der Waals surface area contributed by atoms with Gasteiger partial charge in [-0.2, -0.15) is 9.97 Å². The first-order valence-corrected chi connectivity index (χ1v) is 18.1. The van der Waals surface area contributed by atoms with Crippen molar-refractivity contribution in [1.29, 1.82) is 0 Å². The third-order valence-electron chi connectivity index (χ3n) is 10.1. The van der Waals surface area contributed by atoms with Gasteiger partial charge in [-0.25, -0.2) is 10.7 Å². The van der Waals surface area contributed by atoms with Crippen LogP contribution in [0.4, 0.5) is 5.82 Å². The number of piperidine rings is 2. The number of hydrogen-bond acceptors (Lipinski definition) is 11. The number of fused-ring (bicyclic) bond motifs is 1. The number of hydrogen-bond donors (Lipinski definition) is 5. The van der Waals surface area contributed by atoms with Gasteiger partial charge in [0.1, 0.15) is 12.1 Å². The fourth-order valence-corrected chi connectivity index (χ4v) is 7.12. The monoisotopic (exact) mass is 694 g/mol. The number of carbonyl (C=O) groups is 2. The molecule has 0 aliphatic carbocycles. The van der Waals surface area contributed by atoms with Crippen molar-refractivity contribution >= 4 is 28.8 Å². The highest BCUT2D eigenvalue weighted by atomic mass is 16.6. The van der Waals surface area contributed by atoms with E-state index in [1.807, 2.05) is 4.90 Å². The molecule has 2 fully saturated rings. The van der Waals surface area contributed by atoms with Crippen molar-refractivity contribution in [3.8, 4) is 6.01 Å². The summed E-state index contributed by atoms with van der Waals surface area (Å²) in [6, 6.07) is 8.09. The van der Waals surface area contributed by atoms with Gasteiger partial charge in [-0.3, -0.25) is 23.9 Å². The van der Waals surface area contributed by atoms with Gasteiger partial charge in [-0.05, 0) is 87.4 Å². The Labute approximate surface area is 293 Å². The zero-order valence-corrected chi connectivity index (χ0v) is 29.3. The lowest BCUT2D eigenvalue weighted by Crippen LogP contribution is -2.48. The molecule has 0 unspecified atom stereocenters. The molecule has 2 amide bonds. The van der Waals surface area contributed by atoms with Crippen molar-refractivity contribution < 1.29 is 19.2 Å². The summed E-state index contributed by atoms with van der Waals surface area (Å²) in [4.78, 5) is 57.4. The number of nitrogens with one attached hydrogen (secondary N) is 2. The molecule has 0 bridgehead atoms. The van der Waals surface area contributed by atoms with Crippen LogP contribution in [-0.4, -0.2) is 93.1 Å². The molecule has 4 heterocycles. The zero-order valence-electron chi connectivity index (χ0n) is 29.3. The van der Waals surface area contributed by atoms with Crippen LogP contribution in [-0.2, 0) is 27.5 Å². The number of nitrogens with zero attached hydrogens (tertiary/aromatic N) is 5. The van der Waals surface area contributed by atoms with Gasteiger partial charge in [0, 0.05) is 26.2 Å². The predicted octanol–water partition coefficient (Wildman–Crippen LogP) is 1.88. The van der Waals surface area contributed by atoms with Crippen molar-refractivity contribution in [2.45, 2.75) is 83.8 Å². The molecular formula is C35H54N10O5. The van der Waals surface area contributed by atoms with Gasteiger partial charge < -0.3 is 31.4 Å². The first-order chi connectivity index (χ1) is 24.2. The molecule has 15 nitrogen and oxygen atoms in total. The van der Waals surface area contributed by atoms with E-state index in [1.54, 1.807) is 4.57 Å². The van der Waals surface area contributed by atoms with Gasteiger partial charge in [0.2, 0.25) is 11.8 Å². The molecule has 274 valence electrons. The van der Waals surface area contributed by atoms with Crippen LogP contribution in [0.15, 0.2) is 29.1 Å². The Kier molecular flexibility index (Phi) is 13.6. The Morgan fingerprint density at radius 2 is 1.64 bits per heavy atom. The average molecular weight is 695 g/mol. The molecule has 2 aliphatic heterocycles. The second kappa shape index (κ2) is 18.3. The minimum atomic E-state index is -0.499. The van der Waals surface area contributed by atoms with Crippen LogP contribution in [0.3, 0.4) is 0 Å². The lowest BCUT2D eigenvalue weighted by Gasteiger charge is -2.40. The van der Waals surface area contributed by atoms with Crippen molar-refractivity contribution in [1.82, 2.24) is 34.6 Å². The van der Waals surface area contributed by atoms with Crippen LogP contribution in [0.5, 0.6) is 6.01 Å². The summed E-state index contributed by atoms with van der Waals surface area (Å²) in [7, 11) is 0. The molecule has 2 aliphatic rings. The number of ether oxygens (including phenoxy) is 1. The van der Waals surface area contributed by atoms with Crippen LogP contribution in [0.2, 0.25) is 0 Å². The number of aromatic nitrogens is 4. The van der Waals surface area contributed by atoms with E-state index in [0.29, 0.717) is 49.1 Å². The van der Waals surface area contributed by atoms with Crippen molar-refractivity contribution in [2.24, 2.45) is 23.5 Å². The number of amides is 2. The summed E-state index contributed by atoms with van der Waals surface area (Å²) in [6.45, 7) is 7.85. The SMILES string of the molecule is CCCCOc1nc(N)c2[nH]c(=O)n(Cc3ccc(CN4CCC(C5CCN(C(=O)[C@@H](N)CCCCNC(=O)CON)CC5)CC4)cc3)c2n1. The Morgan fingerprint density at radius 3 is 2.30 bits per heavy atom. The molecule has 3 aromatic rings. The number of carbonyl (C=O) groups excluding carboxylic acids is 2. The van der Waals surface area contributed by atoms with Gasteiger partial charge in [-0.1, -0.05) is 37.6 Å². The van der Waals surface area contributed by atoms with Crippen LogP contribution >= 0.6 is 0 Å². The van der Waals surface area contributed by atoms with Gasteiger partial charge >= 0.3 is 11.7 Å². The molecule has 0 spiro atoms. The minimum Gasteiger partial charge on any atom is -0.463 e. The molecule has 2 aromatic heterocycles. The summed E-state index contributed by atoms with van der Waals surface area (Å²) in [5.41, 5.74) is 15.1. The summed E-state index contributed by atoms with van der Waals surface area (Å²) in [5, 5.41) is 2.72.